The van der Waals surface area contributed by atoms with Crippen LogP contribution < -0.4 is 16.0 Å². The number of rotatable bonds is 7. The first-order valence-electron chi connectivity index (χ1n) is 10.6. The van der Waals surface area contributed by atoms with Crippen molar-refractivity contribution in [1.82, 2.24) is 20.9 Å². The molecular formula is C21H25F3N4O7. The highest BCUT2D eigenvalue weighted by Gasteiger charge is 2.41. The standard InChI is InChI=1S/C19H24N4O5.C2HF3O2/c24-16(25)9-14-19(28)23(11-12-5-2-1-3-6-12)15(18(27)22-14)10-21-17(26)13-7-4-8-20-13;3-2(4,5)1(6)7/h1-3,5-6,13-15,20H,4,7-11H2,(H,21,26)(H,22,27)(H,24,25);(H,6,7)/t13-,14+,15-;/m1./s1. The molecule has 3 atom stereocenters. The Labute approximate surface area is 197 Å². The number of piperazine rings is 1. The number of nitrogens with zero attached hydrogens (tertiary/aromatic N) is 1. The maximum atomic E-state index is 12.8. The average Bonchev–Trinajstić information content (AvgIpc) is 3.32. The first-order chi connectivity index (χ1) is 16.4. The lowest BCUT2D eigenvalue weighted by Gasteiger charge is -2.38. The number of amides is 3. The lowest BCUT2D eigenvalue weighted by atomic mass is 10.0. The summed E-state index contributed by atoms with van der Waals surface area (Å²) >= 11 is 0. The van der Waals surface area contributed by atoms with Gasteiger partial charge in [-0.05, 0) is 24.9 Å². The molecule has 3 amide bonds. The van der Waals surface area contributed by atoms with Crippen LogP contribution in [0.4, 0.5) is 13.2 Å². The van der Waals surface area contributed by atoms with E-state index in [-0.39, 0.29) is 25.0 Å². The van der Waals surface area contributed by atoms with Crippen molar-refractivity contribution < 1.29 is 47.4 Å². The number of aliphatic carboxylic acids is 2. The molecule has 0 aliphatic carbocycles. The van der Waals surface area contributed by atoms with Gasteiger partial charge in [0.05, 0.1) is 12.5 Å². The number of carbonyl (C=O) groups is 5. The summed E-state index contributed by atoms with van der Waals surface area (Å²) in [6.07, 6.45) is -3.92. The summed E-state index contributed by atoms with van der Waals surface area (Å²) in [7, 11) is 0. The van der Waals surface area contributed by atoms with Gasteiger partial charge in [-0.2, -0.15) is 13.2 Å². The molecule has 2 aliphatic rings. The van der Waals surface area contributed by atoms with Gasteiger partial charge >= 0.3 is 18.1 Å². The summed E-state index contributed by atoms with van der Waals surface area (Å²) in [5.41, 5.74) is 0.813. The van der Waals surface area contributed by atoms with Crippen LogP contribution in [-0.4, -0.2) is 82.2 Å². The Morgan fingerprint density at radius 1 is 1.11 bits per heavy atom. The predicted molar refractivity (Wildman–Crippen MR) is 113 cm³/mol. The highest BCUT2D eigenvalue weighted by atomic mass is 19.4. The number of hydrogen-bond donors (Lipinski definition) is 5. The zero-order valence-corrected chi connectivity index (χ0v) is 18.4. The first kappa shape index (κ1) is 27.6. The topological polar surface area (TPSA) is 165 Å². The number of carboxylic acid groups (broad SMARTS) is 2. The van der Waals surface area contributed by atoms with Crippen molar-refractivity contribution in [3.63, 3.8) is 0 Å². The highest BCUT2D eigenvalue weighted by Crippen LogP contribution is 2.17. The molecule has 14 heteroatoms. The summed E-state index contributed by atoms with van der Waals surface area (Å²) in [6, 6.07) is 6.83. The number of carboxylic acids is 2. The van der Waals surface area contributed by atoms with Crippen LogP contribution in [0.3, 0.4) is 0 Å². The summed E-state index contributed by atoms with van der Waals surface area (Å²) < 4.78 is 31.7. The quantitative estimate of drug-likeness (QED) is 0.344. The third kappa shape index (κ3) is 8.24. The van der Waals surface area contributed by atoms with Crippen LogP contribution >= 0.6 is 0 Å². The maximum Gasteiger partial charge on any atom is 0.490 e. The van der Waals surface area contributed by atoms with Gasteiger partial charge in [-0.1, -0.05) is 30.3 Å². The Bertz CT molecular complexity index is 937. The lowest BCUT2D eigenvalue weighted by molar-refractivity contribution is -0.192. The number of carbonyl (C=O) groups excluding carboxylic acids is 3. The van der Waals surface area contributed by atoms with Crippen LogP contribution in [0, 0.1) is 0 Å². The van der Waals surface area contributed by atoms with Crippen molar-refractivity contribution in [3.05, 3.63) is 35.9 Å². The summed E-state index contributed by atoms with van der Waals surface area (Å²) in [6.45, 7) is 0.907. The Kier molecular flexibility index (Phi) is 9.57. The molecule has 192 valence electrons. The zero-order valence-electron chi connectivity index (χ0n) is 18.4. The zero-order chi connectivity index (χ0) is 26.2. The van der Waals surface area contributed by atoms with Gasteiger partial charge < -0.3 is 31.1 Å². The number of benzene rings is 1. The molecule has 1 aromatic carbocycles. The van der Waals surface area contributed by atoms with Crippen LogP contribution in [-0.2, 0) is 30.5 Å². The van der Waals surface area contributed by atoms with Crippen LogP contribution in [0.2, 0.25) is 0 Å². The minimum Gasteiger partial charge on any atom is -0.481 e. The van der Waals surface area contributed by atoms with E-state index in [2.05, 4.69) is 16.0 Å². The molecule has 0 bridgehead atoms. The van der Waals surface area contributed by atoms with Crippen molar-refractivity contribution in [2.45, 2.75) is 50.1 Å². The second-order valence-electron chi connectivity index (χ2n) is 7.82. The van der Waals surface area contributed by atoms with Crippen LogP contribution in [0.15, 0.2) is 30.3 Å². The molecule has 0 unspecified atom stereocenters. The van der Waals surface area contributed by atoms with Crippen LogP contribution in [0.5, 0.6) is 0 Å². The van der Waals surface area contributed by atoms with Crippen LogP contribution in [0.25, 0.3) is 0 Å². The predicted octanol–water partition coefficient (Wildman–Crippen LogP) is -0.142. The molecular weight excluding hydrogens is 477 g/mol. The number of nitrogens with one attached hydrogen (secondary N) is 3. The maximum absolute atomic E-state index is 12.8. The molecule has 11 nitrogen and oxygen atoms in total. The summed E-state index contributed by atoms with van der Waals surface area (Å²) in [5.74, 6) is -5.07. The second-order valence-corrected chi connectivity index (χ2v) is 7.82. The first-order valence-corrected chi connectivity index (χ1v) is 10.6. The van der Waals surface area contributed by atoms with E-state index in [9.17, 15) is 32.3 Å². The van der Waals surface area contributed by atoms with Gasteiger partial charge in [0, 0.05) is 13.1 Å². The van der Waals surface area contributed by atoms with Gasteiger partial charge in [-0.3, -0.25) is 19.2 Å². The summed E-state index contributed by atoms with van der Waals surface area (Å²) in [4.78, 5) is 59.0. The van der Waals surface area contributed by atoms with Crippen molar-refractivity contribution >= 4 is 29.7 Å². The van der Waals surface area contributed by atoms with Gasteiger partial charge in [0.2, 0.25) is 17.7 Å². The molecule has 2 aliphatic heterocycles. The van der Waals surface area contributed by atoms with E-state index in [0.29, 0.717) is 0 Å². The van der Waals surface area contributed by atoms with E-state index < -0.39 is 48.4 Å². The van der Waals surface area contributed by atoms with Gasteiger partial charge in [0.25, 0.3) is 0 Å². The molecule has 0 radical (unpaired) electrons. The Morgan fingerprint density at radius 2 is 1.74 bits per heavy atom. The molecule has 0 aromatic heterocycles. The van der Waals surface area contributed by atoms with E-state index in [1.54, 1.807) is 0 Å². The minimum atomic E-state index is -5.08. The second kappa shape index (κ2) is 12.1. The van der Waals surface area contributed by atoms with E-state index >= 15 is 0 Å². The van der Waals surface area contributed by atoms with E-state index in [4.69, 9.17) is 15.0 Å². The highest BCUT2D eigenvalue weighted by molar-refractivity contribution is 5.99. The molecule has 2 saturated heterocycles. The normalized spacial score (nSPS) is 22.0. The third-order valence-corrected chi connectivity index (χ3v) is 5.24. The van der Waals surface area contributed by atoms with Gasteiger partial charge in [-0.15, -0.1) is 0 Å². The van der Waals surface area contributed by atoms with E-state index in [1.165, 1.54) is 4.90 Å². The van der Waals surface area contributed by atoms with Crippen molar-refractivity contribution in [2.75, 3.05) is 13.1 Å². The lowest BCUT2D eigenvalue weighted by Crippen LogP contribution is -2.66. The van der Waals surface area contributed by atoms with Gasteiger partial charge in [-0.25, -0.2) is 4.79 Å². The molecule has 3 rings (SSSR count). The van der Waals surface area contributed by atoms with Gasteiger partial charge in [0.1, 0.15) is 12.1 Å². The number of hydrogen-bond acceptors (Lipinski definition) is 6. The fraction of sp³-hybridized carbons (Fsp3) is 0.476. The largest absolute Gasteiger partial charge is 0.490 e. The van der Waals surface area contributed by atoms with E-state index in [1.807, 2.05) is 30.3 Å². The molecule has 2 heterocycles. The Hall–Kier alpha value is -3.68. The number of halogens is 3. The molecule has 1 aromatic rings. The molecule has 2 fully saturated rings. The Balaban J connectivity index is 0.000000540. The monoisotopic (exact) mass is 502 g/mol. The Morgan fingerprint density at radius 3 is 2.26 bits per heavy atom. The third-order valence-electron chi connectivity index (χ3n) is 5.24. The van der Waals surface area contributed by atoms with Crippen LogP contribution in [0.1, 0.15) is 24.8 Å². The minimum absolute atomic E-state index is 0.0266. The molecule has 0 saturated carbocycles. The molecule has 5 N–H and O–H groups in total. The van der Waals surface area contributed by atoms with Crippen molar-refractivity contribution in [1.29, 1.82) is 0 Å². The SMILES string of the molecule is O=C(O)C(F)(F)F.O=C(O)C[C@@H]1NC(=O)[C@@H](CNC(=O)[C@H]2CCCN2)N(Cc2ccccc2)C1=O. The molecule has 0 spiro atoms. The fourth-order valence-corrected chi connectivity index (χ4v) is 3.54. The van der Waals surface area contributed by atoms with Crippen molar-refractivity contribution in [3.8, 4) is 0 Å². The van der Waals surface area contributed by atoms with Crippen molar-refractivity contribution in [2.24, 2.45) is 0 Å². The van der Waals surface area contributed by atoms with E-state index in [0.717, 1.165) is 24.9 Å². The molecule has 35 heavy (non-hydrogen) atoms. The fourth-order valence-electron chi connectivity index (χ4n) is 3.54. The van der Waals surface area contributed by atoms with Gasteiger partial charge in [0.15, 0.2) is 0 Å². The smallest absolute Gasteiger partial charge is 0.481 e. The number of alkyl halides is 3. The summed E-state index contributed by atoms with van der Waals surface area (Å²) in [5, 5.41) is 24.5. The average molecular weight is 502 g/mol.